The monoisotopic (exact) mass is 842 g/mol. The van der Waals surface area contributed by atoms with Crippen LogP contribution < -0.4 is 5.73 Å². The third-order valence-corrected chi connectivity index (χ3v) is 11.7. The van der Waals surface area contributed by atoms with Gasteiger partial charge in [-0.1, -0.05) is 167 Å². The summed E-state index contributed by atoms with van der Waals surface area (Å²) in [5.41, 5.74) is 5.36. The number of hydrogen-bond donors (Lipinski definition) is 2. The molecule has 0 saturated carbocycles. The van der Waals surface area contributed by atoms with Gasteiger partial charge in [-0.25, -0.2) is 4.57 Å². The SMILES string of the molecule is CCCCCCCC/C=C\CCCCCCCCCCCCCC(=O)O[C@H](COC(=O)CCCCCCC/C=C\CC1OC1CCCCC)COP(=O)(O)OCCN. The lowest BCUT2D eigenvalue weighted by Crippen LogP contribution is -2.29. The summed E-state index contributed by atoms with van der Waals surface area (Å²) in [6.45, 7) is 3.70. The minimum absolute atomic E-state index is 0.0501. The zero-order chi connectivity index (χ0) is 42.2. The number of allylic oxidation sites excluding steroid dienone is 3. The van der Waals surface area contributed by atoms with Crippen molar-refractivity contribution in [1.29, 1.82) is 0 Å². The number of unbranched alkanes of at least 4 members (excludes halogenated alkanes) is 24. The van der Waals surface area contributed by atoms with E-state index in [-0.39, 0.29) is 32.6 Å². The van der Waals surface area contributed by atoms with Crippen molar-refractivity contribution in [2.75, 3.05) is 26.4 Å². The fourth-order valence-corrected chi connectivity index (χ4v) is 7.81. The van der Waals surface area contributed by atoms with Crippen molar-refractivity contribution in [2.24, 2.45) is 5.73 Å². The third-order valence-electron chi connectivity index (χ3n) is 10.7. The quantitative estimate of drug-likeness (QED) is 0.0200. The van der Waals surface area contributed by atoms with Crippen LogP contribution in [0, 0.1) is 0 Å². The molecule has 0 bridgehead atoms. The summed E-state index contributed by atoms with van der Waals surface area (Å²) in [5, 5.41) is 0. The van der Waals surface area contributed by atoms with Gasteiger partial charge in [0.1, 0.15) is 6.61 Å². The molecular formula is C47H88NO9P. The van der Waals surface area contributed by atoms with E-state index in [1.807, 2.05) is 0 Å². The normalized spacial score (nSPS) is 16.9. The molecule has 340 valence electrons. The van der Waals surface area contributed by atoms with E-state index >= 15 is 0 Å². The van der Waals surface area contributed by atoms with Gasteiger partial charge >= 0.3 is 19.8 Å². The van der Waals surface area contributed by atoms with E-state index in [0.29, 0.717) is 25.0 Å². The second kappa shape index (κ2) is 39.6. The first kappa shape index (κ1) is 54.5. The summed E-state index contributed by atoms with van der Waals surface area (Å²) in [6, 6.07) is 0. The van der Waals surface area contributed by atoms with E-state index in [0.717, 1.165) is 57.8 Å². The minimum atomic E-state index is -4.38. The van der Waals surface area contributed by atoms with Crippen molar-refractivity contribution in [3.8, 4) is 0 Å². The van der Waals surface area contributed by atoms with Gasteiger partial charge in [0, 0.05) is 19.4 Å². The lowest BCUT2D eigenvalue weighted by Gasteiger charge is -2.19. The highest BCUT2D eigenvalue weighted by atomic mass is 31.2. The average Bonchev–Trinajstić information content (AvgIpc) is 3.97. The molecule has 58 heavy (non-hydrogen) atoms. The molecule has 1 aliphatic rings. The molecule has 0 aromatic carbocycles. The number of epoxide rings is 1. The Morgan fingerprint density at radius 2 is 1.07 bits per heavy atom. The van der Waals surface area contributed by atoms with Gasteiger partial charge < -0.3 is 24.8 Å². The topological polar surface area (TPSA) is 147 Å². The molecule has 0 aromatic heterocycles. The van der Waals surface area contributed by atoms with Crippen LogP contribution in [0.4, 0.5) is 0 Å². The van der Waals surface area contributed by atoms with E-state index in [2.05, 4.69) is 38.2 Å². The maximum absolute atomic E-state index is 12.6. The van der Waals surface area contributed by atoms with E-state index in [4.69, 9.17) is 29.0 Å². The molecule has 1 fully saturated rings. The number of esters is 2. The Labute approximate surface area is 355 Å². The molecule has 1 heterocycles. The van der Waals surface area contributed by atoms with Gasteiger partial charge in [-0.15, -0.1) is 0 Å². The average molecular weight is 842 g/mol. The van der Waals surface area contributed by atoms with Crippen molar-refractivity contribution < 1.29 is 42.3 Å². The minimum Gasteiger partial charge on any atom is -0.462 e. The summed E-state index contributed by atoms with van der Waals surface area (Å²) in [4.78, 5) is 35.0. The number of phosphoric ester groups is 1. The highest BCUT2D eigenvalue weighted by molar-refractivity contribution is 7.47. The van der Waals surface area contributed by atoms with Crippen LogP contribution in [0.1, 0.15) is 219 Å². The number of nitrogens with two attached hydrogens (primary N) is 1. The first-order valence-corrected chi connectivity index (χ1v) is 25.4. The first-order chi connectivity index (χ1) is 28.3. The molecule has 3 N–H and O–H groups in total. The lowest BCUT2D eigenvalue weighted by atomic mass is 10.0. The van der Waals surface area contributed by atoms with Crippen LogP contribution in [0.3, 0.4) is 0 Å². The van der Waals surface area contributed by atoms with E-state index in [9.17, 15) is 19.0 Å². The molecule has 0 aromatic rings. The van der Waals surface area contributed by atoms with E-state index in [1.54, 1.807) is 0 Å². The maximum Gasteiger partial charge on any atom is 0.472 e. The number of carbonyl (C=O) groups excluding carboxylic acids is 2. The summed E-state index contributed by atoms with van der Waals surface area (Å²) in [5.74, 6) is -0.844. The molecule has 1 saturated heterocycles. The van der Waals surface area contributed by atoms with Crippen LogP contribution in [-0.2, 0) is 37.4 Å². The van der Waals surface area contributed by atoms with Gasteiger partial charge in [0.05, 0.1) is 25.4 Å². The molecule has 3 unspecified atom stereocenters. The van der Waals surface area contributed by atoms with Crippen LogP contribution in [0.25, 0.3) is 0 Å². The van der Waals surface area contributed by atoms with Crippen molar-refractivity contribution in [2.45, 2.75) is 238 Å². The molecule has 0 radical (unpaired) electrons. The standard InChI is InChI=1S/C47H88NO9P/c1-3-5-7-8-9-10-11-12-13-14-15-16-17-18-19-20-21-22-27-30-34-38-47(50)56-43(42-55-58(51,52)54-40-39-48)41-53-46(49)37-33-29-26-24-23-25-28-32-36-45-44(57-45)35-31-6-4-2/h12-13,28,32,43-45H,3-11,14-27,29-31,33-42,48H2,1-2H3,(H,51,52)/b13-12-,32-28-/t43-,44?,45?/m1/s1. The summed E-state index contributed by atoms with van der Waals surface area (Å²) >= 11 is 0. The first-order valence-electron chi connectivity index (χ1n) is 23.9. The van der Waals surface area contributed by atoms with Crippen LogP contribution >= 0.6 is 7.82 Å². The fourth-order valence-electron chi connectivity index (χ4n) is 7.05. The van der Waals surface area contributed by atoms with Gasteiger partial charge in [-0.2, -0.15) is 0 Å². The van der Waals surface area contributed by atoms with Crippen LogP contribution in [-0.4, -0.2) is 61.5 Å². The molecular weight excluding hydrogens is 753 g/mol. The molecule has 1 aliphatic heterocycles. The van der Waals surface area contributed by atoms with E-state index in [1.165, 1.54) is 122 Å². The predicted molar refractivity (Wildman–Crippen MR) is 238 cm³/mol. The molecule has 1 rings (SSSR count). The molecule has 11 heteroatoms. The lowest BCUT2D eigenvalue weighted by molar-refractivity contribution is -0.161. The Morgan fingerprint density at radius 3 is 1.60 bits per heavy atom. The van der Waals surface area contributed by atoms with Crippen molar-refractivity contribution in [3.05, 3.63) is 24.3 Å². The summed E-state index contributed by atoms with van der Waals surface area (Å²) in [7, 11) is -4.38. The molecule has 0 aliphatic carbocycles. The van der Waals surface area contributed by atoms with Crippen LogP contribution in [0.15, 0.2) is 24.3 Å². The maximum atomic E-state index is 12.6. The highest BCUT2D eigenvalue weighted by Gasteiger charge is 2.36. The third kappa shape index (κ3) is 36.3. The Bertz CT molecular complexity index is 1070. The number of carbonyl (C=O) groups is 2. The second-order valence-corrected chi connectivity index (χ2v) is 17.8. The van der Waals surface area contributed by atoms with Crippen molar-refractivity contribution >= 4 is 19.8 Å². The predicted octanol–water partition coefficient (Wildman–Crippen LogP) is 12.9. The molecule has 10 nitrogen and oxygen atoms in total. The number of rotatable bonds is 44. The molecule has 0 amide bonds. The zero-order valence-electron chi connectivity index (χ0n) is 37.2. The Kier molecular flexibility index (Phi) is 37.2. The van der Waals surface area contributed by atoms with Gasteiger partial charge in [-0.3, -0.25) is 18.6 Å². The number of ether oxygens (including phenoxy) is 3. The van der Waals surface area contributed by atoms with Gasteiger partial charge in [0.15, 0.2) is 6.10 Å². The Balaban J connectivity index is 2.12. The van der Waals surface area contributed by atoms with Gasteiger partial charge in [0.25, 0.3) is 0 Å². The largest absolute Gasteiger partial charge is 0.472 e. The highest BCUT2D eigenvalue weighted by Crippen LogP contribution is 2.43. The molecule has 0 spiro atoms. The number of hydrogen-bond acceptors (Lipinski definition) is 9. The Morgan fingerprint density at radius 1 is 0.603 bits per heavy atom. The Hall–Kier alpha value is -1.55. The fraction of sp³-hybridized carbons (Fsp3) is 0.872. The van der Waals surface area contributed by atoms with Crippen LogP contribution in [0.5, 0.6) is 0 Å². The van der Waals surface area contributed by atoms with E-state index < -0.39 is 32.5 Å². The van der Waals surface area contributed by atoms with Crippen molar-refractivity contribution in [3.63, 3.8) is 0 Å². The van der Waals surface area contributed by atoms with Crippen molar-refractivity contribution in [1.82, 2.24) is 0 Å². The molecule has 4 atom stereocenters. The number of phosphoric acid groups is 1. The van der Waals surface area contributed by atoms with Gasteiger partial charge in [-0.05, 0) is 64.2 Å². The summed E-state index contributed by atoms with van der Waals surface area (Å²) in [6.07, 6.45) is 45.2. The summed E-state index contributed by atoms with van der Waals surface area (Å²) < 4.78 is 38.6. The second-order valence-electron chi connectivity index (χ2n) is 16.4. The van der Waals surface area contributed by atoms with Gasteiger partial charge in [0.2, 0.25) is 0 Å². The zero-order valence-corrected chi connectivity index (χ0v) is 38.1. The van der Waals surface area contributed by atoms with Crippen LogP contribution in [0.2, 0.25) is 0 Å². The smallest absolute Gasteiger partial charge is 0.462 e.